The van der Waals surface area contributed by atoms with E-state index in [-0.39, 0.29) is 27.6 Å². The highest BCUT2D eigenvalue weighted by Gasteiger charge is 2.26. The van der Waals surface area contributed by atoms with E-state index in [1.807, 2.05) is 18.2 Å². The minimum absolute atomic E-state index is 0.0589. The maximum Gasteiger partial charge on any atom is 0.262 e. The van der Waals surface area contributed by atoms with Crippen molar-refractivity contribution in [3.05, 3.63) is 61.8 Å². The normalized spacial score (nSPS) is 15.4. The molecule has 0 saturated heterocycles. The number of benzene rings is 2. The molecular formula is C22H20Cl3N3O2S. The topological polar surface area (TPSA) is 64.0 Å². The van der Waals surface area contributed by atoms with Gasteiger partial charge in [-0.1, -0.05) is 71.5 Å². The van der Waals surface area contributed by atoms with Gasteiger partial charge in [0.05, 0.1) is 31.9 Å². The van der Waals surface area contributed by atoms with Crippen molar-refractivity contribution in [1.29, 1.82) is 0 Å². The molecule has 1 aromatic heterocycles. The van der Waals surface area contributed by atoms with Crippen molar-refractivity contribution in [3.63, 3.8) is 0 Å². The van der Waals surface area contributed by atoms with Gasteiger partial charge >= 0.3 is 0 Å². The molecule has 0 bridgehead atoms. The van der Waals surface area contributed by atoms with E-state index in [1.165, 1.54) is 23.9 Å². The first-order valence-corrected chi connectivity index (χ1v) is 12.0. The summed E-state index contributed by atoms with van der Waals surface area (Å²) in [6, 6.07) is 10.4. The Morgan fingerprint density at radius 3 is 2.48 bits per heavy atom. The second-order valence-electron chi connectivity index (χ2n) is 7.52. The molecule has 1 aliphatic rings. The summed E-state index contributed by atoms with van der Waals surface area (Å²) in [5.41, 5.74) is 0.877. The number of aromatic nitrogens is 2. The number of carbonyl (C=O) groups is 1. The van der Waals surface area contributed by atoms with Gasteiger partial charge in [-0.05, 0) is 44.0 Å². The van der Waals surface area contributed by atoms with Crippen LogP contribution in [0.5, 0.6) is 0 Å². The molecule has 9 heteroatoms. The molecule has 5 nitrogen and oxygen atoms in total. The van der Waals surface area contributed by atoms with Crippen LogP contribution in [0.4, 0.5) is 5.69 Å². The molecule has 0 radical (unpaired) electrons. The van der Waals surface area contributed by atoms with Crippen LogP contribution >= 0.6 is 46.6 Å². The first-order valence-electron chi connectivity index (χ1n) is 9.98. The number of para-hydroxylation sites is 1. The van der Waals surface area contributed by atoms with Gasteiger partial charge in [0, 0.05) is 11.1 Å². The predicted octanol–water partition coefficient (Wildman–Crippen LogP) is 6.59. The zero-order valence-corrected chi connectivity index (χ0v) is 19.8. The molecular weight excluding hydrogens is 477 g/mol. The van der Waals surface area contributed by atoms with Crippen LogP contribution in [0.2, 0.25) is 15.1 Å². The highest BCUT2D eigenvalue weighted by atomic mass is 35.5. The Kier molecular flexibility index (Phi) is 6.82. The van der Waals surface area contributed by atoms with Gasteiger partial charge in [-0.2, -0.15) is 0 Å². The number of fused-ring (bicyclic) bond motifs is 1. The third-order valence-corrected chi connectivity index (χ3v) is 7.25. The van der Waals surface area contributed by atoms with Crippen molar-refractivity contribution in [1.82, 2.24) is 9.55 Å². The van der Waals surface area contributed by atoms with Crippen LogP contribution in [0, 0.1) is 0 Å². The van der Waals surface area contributed by atoms with Crippen LogP contribution in [-0.4, -0.2) is 20.7 Å². The maximum absolute atomic E-state index is 13.3. The number of nitrogens with one attached hydrogen (secondary N) is 1. The minimum Gasteiger partial charge on any atom is -0.323 e. The van der Waals surface area contributed by atoms with Crippen LogP contribution in [0.3, 0.4) is 0 Å². The Morgan fingerprint density at radius 1 is 1.16 bits per heavy atom. The standard InChI is InChI=1S/C22H20Cl3N3O2S/c1-12(20(29)27-19-16(24)10-13(23)11-17(19)25)31-22-26-18-9-5-4-8-15(18)21(30)28(22)14-6-2-3-7-14/h4-5,8-12,14H,2-3,6-7H2,1H3,(H,27,29). The summed E-state index contributed by atoms with van der Waals surface area (Å²) in [5, 5.41) is 4.28. The second kappa shape index (κ2) is 9.41. The molecule has 0 spiro atoms. The molecule has 1 amide bonds. The Labute approximate surface area is 199 Å². The van der Waals surface area contributed by atoms with Crippen molar-refractivity contribution in [2.24, 2.45) is 0 Å². The Bertz CT molecular complexity index is 1190. The van der Waals surface area contributed by atoms with Gasteiger partial charge in [-0.25, -0.2) is 4.98 Å². The molecule has 1 N–H and O–H groups in total. The number of rotatable bonds is 5. The zero-order chi connectivity index (χ0) is 22.1. The van der Waals surface area contributed by atoms with Gasteiger partial charge < -0.3 is 5.32 Å². The van der Waals surface area contributed by atoms with Gasteiger partial charge in [0.1, 0.15) is 0 Å². The molecule has 162 valence electrons. The lowest BCUT2D eigenvalue weighted by Crippen LogP contribution is -2.29. The molecule has 1 aliphatic carbocycles. The Balaban J connectivity index is 1.65. The largest absolute Gasteiger partial charge is 0.323 e. The van der Waals surface area contributed by atoms with Crippen LogP contribution < -0.4 is 10.9 Å². The van der Waals surface area contributed by atoms with E-state index >= 15 is 0 Å². The first kappa shape index (κ1) is 22.5. The van der Waals surface area contributed by atoms with E-state index < -0.39 is 5.25 Å². The quantitative estimate of drug-likeness (QED) is 0.320. The fraction of sp³-hybridized carbons (Fsp3) is 0.318. The molecule has 1 atom stereocenters. The third-order valence-electron chi connectivity index (χ3n) is 5.37. The average molecular weight is 497 g/mol. The lowest BCUT2D eigenvalue weighted by molar-refractivity contribution is -0.115. The summed E-state index contributed by atoms with van der Waals surface area (Å²) in [4.78, 5) is 30.9. The van der Waals surface area contributed by atoms with Gasteiger partial charge in [-0.15, -0.1) is 0 Å². The Hall–Kier alpha value is -1.73. The fourth-order valence-corrected chi connectivity index (χ4v) is 5.68. The molecule has 3 aromatic rings. The van der Waals surface area contributed by atoms with E-state index in [1.54, 1.807) is 17.6 Å². The van der Waals surface area contributed by atoms with Crippen molar-refractivity contribution >= 4 is 69.1 Å². The number of hydrogen-bond acceptors (Lipinski definition) is 4. The zero-order valence-electron chi connectivity index (χ0n) is 16.7. The maximum atomic E-state index is 13.3. The van der Waals surface area contributed by atoms with Crippen molar-refractivity contribution < 1.29 is 4.79 Å². The Morgan fingerprint density at radius 2 is 1.81 bits per heavy atom. The number of anilines is 1. The van der Waals surface area contributed by atoms with Gasteiger partial charge in [0.2, 0.25) is 5.91 Å². The summed E-state index contributed by atoms with van der Waals surface area (Å²) in [6.07, 6.45) is 4.03. The molecule has 31 heavy (non-hydrogen) atoms. The highest BCUT2D eigenvalue weighted by molar-refractivity contribution is 8.00. The minimum atomic E-state index is -0.538. The van der Waals surface area contributed by atoms with Crippen molar-refractivity contribution in [2.75, 3.05) is 5.32 Å². The van der Waals surface area contributed by atoms with Gasteiger partial charge in [0.25, 0.3) is 5.56 Å². The SMILES string of the molecule is CC(Sc1nc2ccccc2c(=O)n1C1CCCC1)C(=O)Nc1c(Cl)cc(Cl)cc1Cl. The van der Waals surface area contributed by atoms with Gasteiger partial charge in [0.15, 0.2) is 5.16 Å². The number of nitrogens with zero attached hydrogens (tertiary/aromatic N) is 2. The molecule has 4 rings (SSSR count). The summed E-state index contributed by atoms with van der Waals surface area (Å²) in [6.45, 7) is 1.76. The van der Waals surface area contributed by atoms with Crippen molar-refractivity contribution in [3.8, 4) is 0 Å². The lowest BCUT2D eigenvalue weighted by atomic mass is 10.2. The number of amides is 1. The number of hydrogen-bond donors (Lipinski definition) is 1. The van der Waals surface area contributed by atoms with E-state index in [0.717, 1.165) is 25.7 Å². The van der Waals surface area contributed by atoms with Gasteiger partial charge in [-0.3, -0.25) is 14.2 Å². The molecule has 1 unspecified atom stereocenters. The molecule has 1 heterocycles. The summed E-state index contributed by atoms with van der Waals surface area (Å²) in [7, 11) is 0. The molecule has 2 aromatic carbocycles. The van der Waals surface area contributed by atoms with Crippen LogP contribution in [0.15, 0.2) is 46.3 Å². The number of thioether (sulfide) groups is 1. The summed E-state index contributed by atoms with van der Waals surface area (Å²) in [5.74, 6) is -0.295. The van der Waals surface area contributed by atoms with Crippen LogP contribution in [0.1, 0.15) is 38.6 Å². The van der Waals surface area contributed by atoms with E-state index in [2.05, 4.69) is 5.32 Å². The number of carbonyl (C=O) groups excluding carboxylic acids is 1. The monoisotopic (exact) mass is 495 g/mol. The third kappa shape index (κ3) is 4.72. The van der Waals surface area contributed by atoms with E-state index in [4.69, 9.17) is 39.8 Å². The summed E-state index contributed by atoms with van der Waals surface area (Å²) < 4.78 is 1.77. The van der Waals surface area contributed by atoms with E-state index in [9.17, 15) is 9.59 Å². The van der Waals surface area contributed by atoms with Crippen LogP contribution in [-0.2, 0) is 4.79 Å². The molecule has 0 aliphatic heterocycles. The summed E-state index contributed by atoms with van der Waals surface area (Å²) >= 11 is 19.6. The number of halogens is 3. The average Bonchev–Trinajstić information content (AvgIpc) is 3.25. The van der Waals surface area contributed by atoms with Crippen LogP contribution in [0.25, 0.3) is 10.9 Å². The lowest BCUT2D eigenvalue weighted by Gasteiger charge is -2.20. The molecule has 1 saturated carbocycles. The predicted molar refractivity (Wildman–Crippen MR) is 129 cm³/mol. The fourth-order valence-electron chi connectivity index (χ4n) is 3.79. The van der Waals surface area contributed by atoms with E-state index in [0.29, 0.717) is 26.8 Å². The van der Waals surface area contributed by atoms with Crippen molar-refractivity contribution in [2.45, 2.75) is 49.1 Å². The first-order chi connectivity index (χ1) is 14.8. The smallest absolute Gasteiger partial charge is 0.262 e. The highest BCUT2D eigenvalue weighted by Crippen LogP contribution is 2.36. The molecule has 1 fully saturated rings. The second-order valence-corrected chi connectivity index (χ2v) is 10.1.